The molecule has 0 saturated carbocycles. The summed E-state index contributed by atoms with van der Waals surface area (Å²) in [4.78, 5) is 7.56. The minimum Gasteiger partial charge on any atom is -0.389 e. The van der Waals surface area contributed by atoms with E-state index in [1.807, 2.05) is 0 Å². The molecule has 0 amide bonds. The average Bonchev–Trinajstić information content (AvgIpc) is 2.20. The molecule has 1 unspecified atom stereocenters. The SMILES string of the molecule is COCC(O)CNc1nc(Cl)ncc1Cl. The Balaban J connectivity index is 2.53. The average molecular weight is 252 g/mol. The van der Waals surface area contributed by atoms with Gasteiger partial charge in [0.1, 0.15) is 10.8 Å². The molecule has 0 aliphatic heterocycles. The minimum absolute atomic E-state index is 0.100. The largest absolute Gasteiger partial charge is 0.389 e. The lowest BCUT2D eigenvalue weighted by Gasteiger charge is -2.11. The Morgan fingerprint density at radius 2 is 2.33 bits per heavy atom. The molecule has 0 spiro atoms. The maximum atomic E-state index is 9.36. The highest BCUT2D eigenvalue weighted by Crippen LogP contribution is 2.18. The third-order valence-electron chi connectivity index (χ3n) is 1.58. The quantitative estimate of drug-likeness (QED) is 0.771. The van der Waals surface area contributed by atoms with Crippen molar-refractivity contribution in [3.63, 3.8) is 0 Å². The highest BCUT2D eigenvalue weighted by molar-refractivity contribution is 6.33. The Kier molecular flexibility index (Phi) is 5.04. The molecule has 1 aromatic rings. The first-order chi connectivity index (χ1) is 7.13. The Morgan fingerprint density at radius 1 is 1.60 bits per heavy atom. The summed E-state index contributed by atoms with van der Waals surface area (Å²) < 4.78 is 4.76. The molecule has 0 aromatic carbocycles. The number of anilines is 1. The normalized spacial score (nSPS) is 12.5. The van der Waals surface area contributed by atoms with Gasteiger partial charge < -0.3 is 15.2 Å². The second-order valence-corrected chi connectivity index (χ2v) is 3.57. The van der Waals surface area contributed by atoms with Crippen LogP contribution in [0.15, 0.2) is 6.20 Å². The molecule has 7 heteroatoms. The van der Waals surface area contributed by atoms with Gasteiger partial charge in [-0.3, -0.25) is 0 Å². The molecule has 0 bridgehead atoms. The fraction of sp³-hybridized carbons (Fsp3) is 0.500. The summed E-state index contributed by atoms with van der Waals surface area (Å²) in [6, 6.07) is 0. The maximum Gasteiger partial charge on any atom is 0.224 e. The minimum atomic E-state index is -0.625. The first kappa shape index (κ1) is 12.4. The van der Waals surface area contributed by atoms with Crippen molar-refractivity contribution in [1.82, 2.24) is 9.97 Å². The van der Waals surface area contributed by atoms with Crippen LogP contribution in [0.25, 0.3) is 0 Å². The van der Waals surface area contributed by atoms with Crippen LogP contribution >= 0.6 is 23.2 Å². The van der Waals surface area contributed by atoms with Gasteiger partial charge in [-0.25, -0.2) is 4.98 Å². The predicted octanol–water partition coefficient (Wildman–Crippen LogP) is 1.20. The van der Waals surface area contributed by atoms with Gasteiger partial charge in [0.25, 0.3) is 0 Å². The molecule has 1 heterocycles. The molecular weight excluding hydrogens is 241 g/mol. The van der Waals surface area contributed by atoms with E-state index in [2.05, 4.69) is 15.3 Å². The summed E-state index contributed by atoms with van der Waals surface area (Å²) in [5.41, 5.74) is 0. The summed E-state index contributed by atoms with van der Waals surface area (Å²) in [6.07, 6.45) is 0.766. The van der Waals surface area contributed by atoms with Crippen LogP contribution in [0.3, 0.4) is 0 Å². The van der Waals surface area contributed by atoms with Crippen LogP contribution in [0.1, 0.15) is 0 Å². The number of nitrogens with zero attached hydrogens (tertiary/aromatic N) is 2. The van der Waals surface area contributed by atoms with Gasteiger partial charge in [-0.1, -0.05) is 11.6 Å². The monoisotopic (exact) mass is 251 g/mol. The summed E-state index contributed by atoms with van der Waals surface area (Å²) in [6.45, 7) is 0.518. The fourth-order valence-corrected chi connectivity index (χ4v) is 1.23. The van der Waals surface area contributed by atoms with Crippen molar-refractivity contribution < 1.29 is 9.84 Å². The van der Waals surface area contributed by atoms with Crippen LogP contribution in [0, 0.1) is 0 Å². The summed E-state index contributed by atoms with van der Waals surface area (Å²) >= 11 is 11.4. The predicted molar refractivity (Wildman–Crippen MR) is 58.4 cm³/mol. The standard InChI is InChI=1S/C8H11Cl2N3O2/c1-15-4-5(14)2-11-7-6(9)3-12-8(10)13-7/h3,5,14H,2,4H2,1H3,(H,11,12,13). The van der Waals surface area contributed by atoms with Gasteiger partial charge in [-0.05, 0) is 11.6 Å². The van der Waals surface area contributed by atoms with Crippen molar-refractivity contribution in [3.8, 4) is 0 Å². The first-order valence-electron chi connectivity index (χ1n) is 4.22. The molecule has 0 aliphatic rings. The van der Waals surface area contributed by atoms with Crippen LogP contribution in [0.4, 0.5) is 5.82 Å². The van der Waals surface area contributed by atoms with Gasteiger partial charge in [0, 0.05) is 13.7 Å². The second-order valence-electron chi connectivity index (χ2n) is 2.83. The molecule has 1 rings (SSSR count). The van der Waals surface area contributed by atoms with Crippen molar-refractivity contribution in [2.24, 2.45) is 0 Å². The van der Waals surface area contributed by atoms with Gasteiger partial charge in [0.05, 0.1) is 18.9 Å². The van der Waals surface area contributed by atoms with Crippen molar-refractivity contribution in [1.29, 1.82) is 0 Å². The molecule has 0 aliphatic carbocycles. The van der Waals surface area contributed by atoms with E-state index >= 15 is 0 Å². The topological polar surface area (TPSA) is 67.3 Å². The van der Waals surface area contributed by atoms with E-state index in [1.165, 1.54) is 13.3 Å². The number of methoxy groups -OCH3 is 1. The molecule has 0 radical (unpaired) electrons. The number of aliphatic hydroxyl groups is 1. The van der Waals surface area contributed by atoms with Gasteiger partial charge >= 0.3 is 0 Å². The van der Waals surface area contributed by atoms with E-state index in [0.717, 1.165) is 0 Å². The highest BCUT2D eigenvalue weighted by atomic mass is 35.5. The van der Waals surface area contributed by atoms with Crippen molar-refractivity contribution in [2.75, 3.05) is 25.6 Å². The Labute approximate surface area is 97.4 Å². The molecule has 0 fully saturated rings. The van der Waals surface area contributed by atoms with E-state index < -0.39 is 6.10 Å². The molecule has 2 N–H and O–H groups in total. The maximum absolute atomic E-state index is 9.36. The van der Waals surface area contributed by atoms with Crippen LogP contribution in [0.2, 0.25) is 10.3 Å². The number of hydrogen-bond donors (Lipinski definition) is 2. The zero-order valence-corrected chi connectivity index (χ0v) is 9.59. The molecule has 1 aromatic heterocycles. The summed E-state index contributed by atoms with van der Waals surface area (Å²) in [5, 5.41) is 12.7. The highest BCUT2D eigenvalue weighted by Gasteiger charge is 2.07. The number of hydrogen-bond acceptors (Lipinski definition) is 5. The Bertz CT molecular complexity index is 325. The molecule has 5 nitrogen and oxygen atoms in total. The lowest BCUT2D eigenvalue weighted by molar-refractivity contribution is 0.0727. The van der Waals surface area contributed by atoms with Crippen LogP contribution in [-0.2, 0) is 4.74 Å². The zero-order valence-electron chi connectivity index (χ0n) is 8.07. The fourth-order valence-electron chi connectivity index (χ4n) is 0.935. The summed E-state index contributed by atoms with van der Waals surface area (Å²) in [7, 11) is 1.51. The van der Waals surface area contributed by atoms with Crippen LogP contribution in [0.5, 0.6) is 0 Å². The third-order valence-corrected chi connectivity index (χ3v) is 2.04. The van der Waals surface area contributed by atoms with Gasteiger partial charge in [-0.2, -0.15) is 4.98 Å². The van der Waals surface area contributed by atoms with Crippen LogP contribution < -0.4 is 5.32 Å². The van der Waals surface area contributed by atoms with Crippen molar-refractivity contribution in [2.45, 2.75) is 6.10 Å². The number of nitrogens with one attached hydrogen (secondary N) is 1. The lowest BCUT2D eigenvalue weighted by atomic mass is 10.4. The number of halogens is 2. The lowest BCUT2D eigenvalue weighted by Crippen LogP contribution is -2.24. The van der Waals surface area contributed by atoms with Crippen LogP contribution in [-0.4, -0.2) is 41.4 Å². The smallest absolute Gasteiger partial charge is 0.224 e. The number of aromatic nitrogens is 2. The number of rotatable bonds is 5. The van der Waals surface area contributed by atoms with E-state index in [9.17, 15) is 5.11 Å². The van der Waals surface area contributed by atoms with Gasteiger partial charge in [0.15, 0.2) is 0 Å². The number of aliphatic hydroxyl groups excluding tert-OH is 1. The Hall–Kier alpha value is -0.620. The van der Waals surface area contributed by atoms with E-state index in [0.29, 0.717) is 10.8 Å². The van der Waals surface area contributed by atoms with E-state index in [1.54, 1.807) is 0 Å². The third kappa shape index (κ3) is 4.17. The zero-order chi connectivity index (χ0) is 11.3. The Morgan fingerprint density at radius 3 is 3.00 bits per heavy atom. The molecule has 84 valence electrons. The van der Waals surface area contributed by atoms with Crippen molar-refractivity contribution in [3.05, 3.63) is 16.5 Å². The van der Waals surface area contributed by atoms with E-state index in [4.69, 9.17) is 27.9 Å². The first-order valence-corrected chi connectivity index (χ1v) is 4.98. The molecule has 15 heavy (non-hydrogen) atoms. The second kappa shape index (κ2) is 6.07. The van der Waals surface area contributed by atoms with Gasteiger partial charge in [0.2, 0.25) is 5.28 Å². The molecule has 0 saturated heterocycles. The van der Waals surface area contributed by atoms with E-state index in [-0.39, 0.29) is 18.4 Å². The summed E-state index contributed by atoms with van der Waals surface area (Å²) in [5.74, 6) is 0.395. The van der Waals surface area contributed by atoms with Crippen molar-refractivity contribution >= 4 is 29.0 Å². The molecule has 1 atom stereocenters. The number of ether oxygens (including phenoxy) is 1. The molecular formula is C8H11Cl2N3O2. The van der Waals surface area contributed by atoms with Gasteiger partial charge in [-0.15, -0.1) is 0 Å².